The number of piperidine rings is 1. The minimum absolute atomic E-state index is 0.0270. The third-order valence-corrected chi connectivity index (χ3v) is 6.18. The molecule has 1 saturated heterocycles. The van der Waals surface area contributed by atoms with Gasteiger partial charge in [0.05, 0.1) is 6.04 Å². The van der Waals surface area contributed by atoms with Crippen LogP contribution in [0.25, 0.3) is 0 Å². The molecule has 29 heavy (non-hydrogen) atoms. The van der Waals surface area contributed by atoms with Crippen molar-refractivity contribution >= 4 is 5.91 Å². The summed E-state index contributed by atoms with van der Waals surface area (Å²) in [5.74, 6) is 1.68. The van der Waals surface area contributed by atoms with Gasteiger partial charge in [-0.05, 0) is 69.5 Å². The molecule has 0 bridgehead atoms. The summed E-state index contributed by atoms with van der Waals surface area (Å²) in [5.41, 5.74) is 2.73. The van der Waals surface area contributed by atoms with Crippen LogP contribution >= 0.6 is 0 Å². The maximum absolute atomic E-state index is 12.9. The molecule has 2 aliphatic heterocycles. The Labute approximate surface area is 174 Å². The first kappa shape index (κ1) is 20.0. The SMILES string of the molecule is CC1CCN(Cc2ccc(C(=O)N[C@@H]3CC(C)(C)Oc4ccccc43)cc2)CC1. The Morgan fingerprint density at radius 3 is 2.52 bits per heavy atom. The minimum Gasteiger partial charge on any atom is -0.487 e. The molecule has 0 unspecified atom stereocenters. The van der Waals surface area contributed by atoms with E-state index in [0.717, 1.165) is 30.2 Å². The molecule has 154 valence electrons. The second kappa shape index (κ2) is 8.19. The molecule has 2 aromatic carbocycles. The molecule has 0 aliphatic carbocycles. The quantitative estimate of drug-likeness (QED) is 0.800. The molecular formula is C25H32N2O2. The van der Waals surface area contributed by atoms with E-state index >= 15 is 0 Å². The minimum atomic E-state index is -0.303. The molecule has 1 atom stereocenters. The number of carbonyl (C=O) groups excluding carboxylic acids is 1. The number of benzene rings is 2. The van der Waals surface area contributed by atoms with E-state index in [4.69, 9.17) is 4.74 Å². The van der Waals surface area contributed by atoms with Crippen molar-refractivity contribution in [3.05, 3.63) is 65.2 Å². The molecule has 1 amide bonds. The van der Waals surface area contributed by atoms with Gasteiger partial charge in [-0.2, -0.15) is 0 Å². The van der Waals surface area contributed by atoms with Crippen LogP contribution in [0, 0.1) is 5.92 Å². The van der Waals surface area contributed by atoms with Crippen LogP contribution in [0.2, 0.25) is 0 Å². The Balaban J connectivity index is 1.41. The number of carbonyl (C=O) groups is 1. The van der Waals surface area contributed by atoms with Gasteiger partial charge in [0.15, 0.2) is 0 Å². The molecule has 4 nitrogen and oxygen atoms in total. The number of ether oxygens (including phenoxy) is 1. The van der Waals surface area contributed by atoms with Gasteiger partial charge in [-0.25, -0.2) is 0 Å². The van der Waals surface area contributed by atoms with Crippen molar-refractivity contribution in [2.45, 2.75) is 58.2 Å². The number of nitrogens with zero attached hydrogens (tertiary/aromatic N) is 1. The Morgan fingerprint density at radius 2 is 1.79 bits per heavy atom. The average molecular weight is 393 g/mol. The Bertz CT molecular complexity index is 851. The molecule has 1 fully saturated rings. The number of fused-ring (bicyclic) bond motifs is 1. The molecule has 0 saturated carbocycles. The highest BCUT2D eigenvalue weighted by molar-refractivity contribution is 5.94. The van der Waals surface area contributed by atoms with E-state index in [1.54, 1.807) is 0 Å². The standard InChI is InChI=1S/C25H32N2O2/c1-18-12-14-27(15-13-18)17-19-8-10-20(11-9-19)24(28)26-22-16-25(2,3)29-23-7-5-4-6-21(22)23/h4-11,18,22H,12-17H2,1-3H3,(H,26,28)/t22-/m1/s1. The van der Waals surface area contributed by atoms with E-state index in [2.05, 4.69) is 43.1 Å². The van der Waals surface area contributed by atoms with Gasteiger partial charge in [0.25, 0.3) is 5.91 Å². The maximum atomic E-state index is 12.9. The van der Waals surface area contributed by atoms with Gasteiger partial charge >= 0.3 is 0 Å². The van der Waals surface area contributed by atoms with Gasteiger partial charge in [-0.1, -0.05) is 37.3 Å². The van der Waals surface area contributed by atoms with E-state index < -0.39 is 0 Å². The number of hydrogen-bond donors (Lipinski definition) is 1. The number of rotatable bonds is 4. The van der Waals surface area contributed by atoms with Gasteiger partial charge < -0.3 is 10.1 Å². The first-order valence-electron chi connectivity index (χ1n) is 10.8. The number of hydrogen-bond acceptors (Lipinski definition) is 3. The molecule has 0 aromatic heterocycles. The fourth-order valence-electron chi connectivity index (χ4n) is 4.41. The Hall–Kier alpha value is -2.33. The summed E-state index contributed by atoms with van der Waals surface area (Å²) in [6, 6.07) is 16.0. The summed E-state index contributed by atoms with van der Waals surface area (Å²) in [6.07, 6.45) is 3.31. The lowest BCUT2D eigenvalue weighted by Crippen LogP contribution is -2.41. The fraction of sp³-hybridized carbons (Fsp3) is 0.480. The molecule has 0 radical (unpaired) electrons. The molecule has 2 aliphatic rings. The lowest BCUT2D eigenvalue weighted by molar-refractivity contribution is 0.0619. The zero-order valence-electron chi connectivity index (χ0n) is 17.8. The van der Waals surface area contributed by atoms with Gasteiger partial charge in [0, 0.05) is 24.1 Å². The summed E-state index contributed by atoms with van der Waals surface area (Å²) >= 11 is 0. The van der Waals surface area contributed by atoms with Crippen molar-refractivity contribution in [2.75, 3.05) is 13.1 Å². The van der Waals surface area contributed by atoms with Crippen LogP contribution in [-0.2, 0) is 6.54 Å². The number of amides is 1. The van der Waals surface area contributed by atoms with Crippen LogP contribution in [0.1, 0.15) is 67.6 Å². The van der Waals surface area contributed by atoms with E-state index in [1.807, 2.05) is 36.4 Å². The predicted octanol–water partition coefficient (Wildman–Crippen LogP) is 4.95. The number of nitrogens with one attached hydrogen (secondary N) is 1. The van der Waals surface area contributed by atoms with E-state index in [-0.39, 0.29) is 17.6 Å². The molecule has 4 heteroatoms. The van der Waals surface area contributed by atoms with Crippen molar-refractivity contribution in [1.29, 1.82) is 0 Å². The average Bonchev–Trinajstić information content (AvgIpc) is 2.69. The van der Waals surface area contributed by atoms with Crippen molar-refractivity contribution in [1.82, 2.24) is 10.2 Å². The largest absolute Gasteiger partial charge is 0.487 e. The Morgan fingerprint density at radius 1 is 1.10 bits per heavy atom. The highest BCUT2D eigenvalue weighted by Crippen LogP contribution is 2.39. The number of para-hydroxylation sites is 1. The van der Waals surface area contributed by atoms with Gasteiger partial charge in [-0.15, -0.1) is 0 Å². The zero-order valence-corrected chi connectivity index (χ0v) is 17.8. The predicted molar refractivity (Wildman–Crippen MR) is 116 cm³/mol. The monoisotopic (exact) mass is 392 g/mol. The normalized spacial score (nSPS) is 21.8. The van der Waals surface area contributed by atoms with Gasteiger partial charge in [-0.3, -0.25) is 9.69 Å². The highest BCUT2D eigenvalue weighted by Gasteiger charge is 2.34. The molecule has 1 N–H and O–H groups in total. The number of likely N-dealkylation sites (tertiary alicyclic amines) is 1. The lowest BCUT2D eigenvalue weighted by atomic mass is 9.89. The smallest absolute Gasteiger partial charge is 0.251 e. The summed E-state index contributed by atoms with van der Waals surface area (Å²) in [6.45, 7) is 9.78. The zero-order chi connectivity index (χ0) is 20.4. The van der Waals surface area contributed by atoms with E-state index in [0.29, 0.717) is 5.56 Å². The summed E-state index contributed by atoms with van der Waals surface area (Å²) in [5, 5.41) is 3.22. The lowest BCUT2D eigenvalue weighted by Gasteiger charge is -2.37. The highest BCUT2D eigenvalue weighted by atomic mass is 16.5. The van der Waals surface area contributed by atoms with Crippen LogP contribution in [0.15, 0.2) is 48.5 Å². The van der Waals surface area contributed by atoms with Crippen LogP contribution in [0.5, 0.6) is 5.75 Å². The van der Waals surface area contributed by atoms with Crippen LogP contribution in [0.4, 0.5) is 0 Å². The Kier molecular flexibility index (Phi) is 5.64. The molecule has 2 heterocycles. The molecule has 2 aromatic rings. The second-order valence-electron chi connectivity index (χ2n) is 9.29. The van der Waals surface area contributed by atoms with Crippen molar-refractivity contribution in [3.63, 3.8) is 0 Å². The van der Waals surface area contributed by atoms with Crippen LogP contribution in [-0.4, -0.2) is 29.5 Å². The third-order valence-electron chi connectivity index (χ3n) is 6.18. The molecule has 4 rings (SSSR count). The summed E-state index contributed by atoms with van der Waals surface area (Å²) in [4.78, 5) is 15.4. The second-order valence-corrected chi connectivity index (χ2v) is 9.29. The fourth-order valence-corrected chi connectivity index (χ4v) is 4.41. The van der Waals surface area contributed by atoms with Crippen molar-refractivity contribution in [3.8, 4) is 5.75 Å². The van der Waals surface area contributed by atoms with E-state index in [1.165, 1.54) is 31.5 Å². The maximum Gasteiger partial charge on any atom is 0.251 e. The third kappa shape index (κ3) is 4.81. The summed E-state index contributed by atoms with van der Waals surface area (Å²) in [7, 11) is 0. The van der Waals surface area contributed by atoms with Crippen molar-refractivity contribution < 1.29 is 9.53 Å². The first-order chi connectivity index (χ1) is 13.9. The van der Waals surface area contributed by atoms with Gasteiger partial charge in [0.1, 0.15) is 11.4 Å². The molecule has 0 spiro atoms. The topological polar surface area (TPSA) is 41.6 Å². The first-order valence-corrected chi connectivity index (χ1v) is 10.8. The summed E-state index contributed by atoms with van der Waals surface area (Å²) < 4.78 is 6.08. The molecular weight excluding hydrogens is 360 g/mol. The van der Waals surface area contributed by atoms with Gasteiger partial charge in [0.2, 0.25) is 0 Å². The van der Waals surface area contributed by atoms with E-state index in [9.17, 15) is 4.79 Å². The van der Waals surface area contributed by atoms with Crippen molar-refractivity contribution in [2.24, 2.45) is 5.92 Å². The van der Waals surface area contributed by atoms with Crippen LogP contribution in [0.3, 0.4) is 0 Å². The van der Waals surface area contributed by atoms with Crippen LogP contribution < -0.4 is 10.1 Å².